The number of hydrogen-bond donors (Lipinski definition) is 2. The fourth-order valence-electron chi connectivity index (χ4n) is 3.61. The molecule has 1 aliphatic heterocycles. The minimum absolute atomic E-state index is 0.164. The highest BCUT2D eigenvalue weighted by Crippen LogP contribution is 2.34. The van der Waals surface area contributed by atoms with Crippen LogP contribution in [0.15, 0.2) is 42.5 Å². The maximum atomic E-state index is 13.0. The number of phenols is 1. The van der Waals surface area contributed by atoms with Crippen LogP contribution in [0.4, 0.5) is 13.2 Å². The summed E-state index contributed by atoms with van der Waals surface area (Å²) in [6.07, 6.45) is -4.64. The highest BCUT2D eigenvalue weighted by molar-refractivity contribution is 5.98. The quantitative estimate of drug-likeness (QED) is 0.789. The summed E-state index contributed by atoms with van der Waals surface area (Å²) in [5.41, 5.74) is -0.458. The molecule has 0 saturated carbocycles. The molecule has 1 fully saturated rings. The van der Waals surface area contributed by atoms with Crippen molar-refractivity contribution in [3.8, 4) is 5.75 Å². The smallest absolute Gasteiger partial charge is 0.416 e. The Bertz CT molecular complexity index is 986. The predicted octanol–water partition coefficient (Wildman–Crippen LogP) is 3.89. The fourth-order valence-corrected chi connectivity index (χ4v) is 3.61. The maximum Gasteiger partial charge on any atom is 0.416 e. The van der Waals surface area contributed by atoms with E-state index in [0.29, 0.717) is 18.7 Å². The molecule has 2 aromatic rings. The number of hydrogen-bond acceptors (Lipinski definition) is 3. The lowest BCUT2D eigenvalue weighted by atomic mass is 9.87. The zero-order valence-corrected chi connectivity index (χ0v) is 16.9. The van der Waals surface area contributed by atoms with Crippen LogP contribution in [0, 0.1) is 12.3 Å². The van der Waals surface area contributed by atoms with Crippen molar-refractivity contribution in [2.24, 2.45) is 5.41 Å². The number of nitrogens with zero attached hydrogens (tertiary/aromatic N) is 1. The number of amides is 2. The monoisotopic (exact) mass is 420 g/mol. The Morgan fingerprint density at radius 3 is 2.57 bits per heavy atom. The normalized spacial score (nSPS) is 18.5. The molecule has 1 atom stereocenters. The number of benzene rings is 2. The van der Waals surface area contributed by atoms with E-state index in [1.807, 2.05) is 31.2 Å². The van der Waals surface area contributed by atoms with E-state index in [0.717, 1.165) is 17.2 Å². The fraction of sp³-hybridized carbons (Fsp3) is 0.364. The molecule has 160 valence electrons. The number of nitrogens with one attached hydrogen (secondary N) is 1. The third kappa shape index (κ3) is 4.27. The lowest BCUT2D eigenvalue weighted by Crippen LogP contribution is -2.45. The van der Waals surface area contributed by atoms with E-state index in [9.17, 15) is 27.9 Å². The Morgan fingerprint density at radius 1 is 1.23 bits per heavy atom. The summed E-state index contributed by atoms with van der Waals surface area (Å²) < 4.78 is 38.9. The van der Waals surface area contributed by atoms with Crippen LogP contribution in [-0.2, 0) is 17.5 Å². The molecule has 1 saturated heterocycles. The molecule has 8 heteroatoms. The average molecular weight is 420 g/mol. The third-order valence-electron chi connectivity index (χ3n) is 5.44. The zero-order valence-electron chi connectivity index (χ0n) is 16.9. The molecule has 5 nitrogen and oxygen atoms in total. The molecule has 0 spiro atoms. The lowest BCUT2D eigenvalue weighted by Gasteiger charge is -2.24. The molecule has 1 aliphatic rings. The number of alkyl halides is 3. The number of rotatable bonds is 4. The van der Waals surface area contributed by atoms with E-state index in [4.69, 9.17) is 0 Å². The molecule has 30 heavy (non-hydrogen) atoms. The van der Waals surface area contributed by atoms with Gasteiger partial charge in [0.2, 0.25) is 5.91 Å². The summed E-state index contributed by atoms with van der Waals surface area (Å²) in [7, 11) is 0. The Kier molecular flexibility index (Phi) is 5.54. The maximum absolute atomic E-state index is 13.0. The van der Waals surface area contributed by atoms with Crippen LogP contribution < -0.4 is 5.32 Å². The van der Waals surface area contributed by atoms with Crippen molar-refractivity contribution in [3.05, 3.63) is 64.7 Å². The number of aryl methyl sites for hydroxylation is 1. The number of aromatic hydroxyl groups is 1. The van der Waals surface area contributed by atoms with E-state index < -0.39 is 40.4 Å². The van der Waals surface area contributed by atoms with Crippen LogP contribution in [0.2, 0.25) is 0 Å². The van der Waals surface area contributed by atoms with Gasteiger partial charge in [-0.3, -0.25) is 9.59 Å². The Balaban J connectivity index is 1.79. The van der Waals surface area contributed by atoms with E-state index in [2.05, 4.69) is 5.32 Å². The van der Waals surface area contributed by atoms with Crippen molar-refractivity contribution in [1.82, 2.24) is 10.2 Å². The average Bonchev–Trinajstić information content (AvgIpc) is 2.84. The van der Waals surface area contributed by atoms with Gasteiger partial charge in [-0.2, -0.15) is 13.2 Å². The molecule has 0 aliphatic carbocycles. The number of phenolic OH excluding ortho intramolecular Hbond substituents is 1. The van der Waals surface area contributed by atoms with E-state index in [1.165, 1.54) is 0 Å². The third-order valence-corrected chi connectivity index (χ3v) is 5.44. The molecular formula is C22H23F3N2O3. The van der Waals surface area contributed by atoms with Crippen LogP contribution in [0.25, 0.3) is 0 Å². The van der Waals surface area contributed by atoms with Crippen molar-refractivity contribution >= 4 is 11.8 Å². The minimum atomic E-state index is -4.64. The molecule has 1 unspecified atom stereocenters. The Hall–Kier alpha value is -3.03. The second-order valence-electron chi connectivity index (χ2n) is 8.15. The van der Waals surface area contributed by atoms with Crippen molar-refractivity contribution < 1.29 is 27.9 Å². The van der Waals surface area contributed by atoms with Crippen molar-refractivity contribution in [3.63, 3.8) is 0 Å². The van der Waals surface area contributed by atoms with E-state index in [-0.39, 0.29) is 12.5 Å². The largest absolute Gasteiger partial charge is 0.507 e. The molecule has 0 aromatic heterocycles. The second-order valence-corrected chi connectivity index (χ2v) is 8.15. The first kappa shape index (κ1) is 21.7. The van der Waals surface area contributed by atoms with Gasteiger partial charge in [0.1, 0.15) is 5.75 Å². The Labute approximate surface area is 172 Å². The number of likely N-dealkylation sites (tertiary alicyclic amines) is 1. The molecule has 0 bridgehead atoms. The summed E-state index contributed by atoms with van der Waals surface area (Å²) in [4.78, 5) is 27.1. The summed E-state index contributed by atoms with van der Waals surface area (Å²) >= 11 is 0. The number of carbonyl (C=O) groups is 2. The topological polar surface area (TPSA) is 69.6 Å². The predicted molar refractivity (Wildman–Crippen MR) is 105 cm³/mol. The molecule has 2 amide bonds. The molecule has 2 aromatic carbocycles. The molecule has 3 rings (SSSR count). The molecule has 1 heterocycles. The van der Waals surface area contributed by atoms with Gasteiger partial charge in [0.25, 0.3) is 5.91 Å². The standard InChI is InChI=1S/C22H23F3N2O3/c1-13-5-4-6-14(9-13)11-27-12-18(21(2,3)20(27)30)26-19(29)16-10-15(22(23,24)25)7-8-17(16)28/h4-10,18,28H,11-12H2,1-3H3,(H,26,29). The summed E-state index contributed by atoms with van der Waals surface area (Å²) in [6.45, 7) is 5.89. The van der Waals surface area contributed by atoms with Crippen molar-refractivity contribution in [1.29, 1.82) is 0 Å². The van der Waals surface area contributed by atoms with Gasteiger partial charge < -0.3 is 15.3 Å². The molecule has 0 radical (unpaired) electrons. The van der Waals surface area contributed by atoms with Gasteiger partial charge in [-0.15, -0.1) is 0 Å². The lowest BCUT2D eigenvalue weighted by molar-refractivity contribution is -0.137. The first-order chi connectivity index (χ1) is 13.9. The molecule has 2 N–H and O–H groups in total. The van der Waals surface area contributed by atoms with Gasteiger partial charge in [0, 0.05) is 13.1 Å². The zero-order chi connectivity index (χ0) is 22.3. The number of carbonyl (C=O) groups excluding carboxylic acids is 2. The van der Waals surface area contributed by atoms with Gasteiger partial charge in [0.05, 0.1) is 22.6 Å². The summed E-state index contributed by atoms with van der Waals surface area (Å²) in [6, 6.07) is 9.24. The van der Waals surface area contributed by atoms with Gasteiger partial charge >= 0.3 is 6.18 Å². The van der Waals surface area contributed by atoms with Crippen LogP contribution in [0.3, 0.4) is 0 Å². The Morgan fingerprint density at radius 2 is 1.93 bits per heavy atom. The van der Waals surface area contributed by atoms with Crippen molar-refractivity contribution in [2.45, 2.75) is 39.5 Å². The van der Waals surface area contributed by atoms with Crippen LogP contribution >= 0.6 is 0 Å². The second kappa shape index (κ2) is 7.66. The first-order valence-electron chi connectivity index (χ1n) is 9.45. The first-order valence-corrected chi connectivity index (χ1v) is 9.45. The van der Waals surface area contributed by atoms with Crippen LogP contribution in [-0.4, -0.2) is 34.4 Å². The minimum Gasteiger partial charge on any atom is -0.507 e. The highest BCUT2D eigenvalue weighted by Gasteiger charge is 2.48. The van der Waals surface area contributed by atoms with E-state index in [1.54, 1.807) is 18.7 Å². The van der Waals surface area contributed by atoms with Crippen LogP contribution in [0.5, 0.6) is 5.75 Å². The van der Waals surface area contributed by atoms with E-state index >= 15 is 0 Å². The van der Waals surface area contributed by atoms with Gasteiger partial charge in [-0.25, -0.2) is 0 Å². The summed E-state index contributed by atoms with van der Waals surface area (Å²) in [5, 5.41) is 12.5. The highest BCUT2D eigenvalue weighted by atomic mass is 19.4. The van der Waals surface area contributed by atoms with Gasteiger partial charge in [-0.1, -0.05) is 29.8 Å². The van der Waals surface area contributed by atoms with Gasteiger partial charge in [0.15, 0.2) is 0 Å². The SMILES string of the molecule is Cc1cccc(CN2CC(NC(=O)c3cc(C(F)(F)F)ccc3O)C(C)(C)C2=O)c1. The van der Waals surface area contributed by atoms with Crippen molar-refractivity contribution in [2.75, 3.05) is 6.54 Å². The van der Waals surface area contributed by atoms with Gasteiger partial charge in [-0.05, 0) is 44.5 Å². The number of halogens is 3. The van der Waals surface area contributed by atoms with Crippen LogP contribution in [0.1, 0.15) is 40.9 Å². The molecular weight excluding hydrogens is 397 g/mol. The summed E-state index contributed by atoms with van der Waals surface area (Å²) in [5.74, 6) is -1.58.